The molecule has 1 fully saturated rings. The molecule has 0 N–H and O–H groups in total. The van der Waals surface area contributed by atoms with E-state index in [1.165, 1.54) is 4.31 Å². The van der Waals surface area contributed by atoms with Crippen LogP contribution in [0.2, 0.25) is 0 Å². The molecule has 0 saturated carbocycles. The fourth-order valence-corrected chi connectivity index (χ4v) is 4.21. The van der Waals surface area contributed by atoms with Gasteiger partial charge in [0, 0.05) is 30.7 Å². The second kappa shape index (κ2) is 5.05. The fraction of sp³-hybridized carbons (Fsp3) is 0.400. The normalized spacial score (nSPS) is 17.3. The number of pyridine rings is 1. The molecule has 0 atom stereocenters. The number of sulfonamides is 1. The quantitative estimate of drug-likeness (QED) is 0.862. The third kappa shape index (κ3) is 2.43. The van der Waals surface area contributed by atoms with E-state index in [-0.39, 0.29) is 0 Å². The van der Waals surface area contributed by atoms with Gasteiger partial charge in [-0.15, -0.1) is 0 Å². The minimum atomic E-state index is -3.46. The molecule has 0 spiro atoms. The lowest BCUT2D eigenvalue weighted by molar-refractivity contribution is 0.134. The molecule has 6 heteroatoms. The maximum absolute atomic E-state index is 12.7. The molecular weight excluding hydrogens is 286 g/mol. The van der Waals surface area contributed by atoms with Crippen LogP contribution in [0.25, 0.3) is 10.9 Å². The lowest BCUT2D eigenvalue weighted by Gasteiger charge is -2.41. The van der Waals surface area contributed by atoms with E-state index in [0.29, 0.717) is 29.5 Å². The van der Waals surface area contributed by atoms with Crippen molar-refractivity contribution >= 4 is 20.9 Å². The number of aryl methyl sites for hydroxylation is 1. The number of hydrogen-bond acceptors (Lipinski definition) is 4. The maximum Gasteiger partial charge on any atom is 0.245 e. The Morgan fingerprint density at radius 3 is 2.67 bits per heavy atom. The third-order valence-corrected chi connectivity index (χ3v) is 5.85. The van der Waals surface area contributed by atoms with Gasteiger partial charge in [-0.1, -0.05) is 12.1 Å². The minimum Gasteiger partial charge on any atom is -0.304 e. The highest BCUT2D eigenvalue weighted by Gasteiger charge is 2.38. The van der Waals surface area contributed by atoms with E-state index in [1.807, 2.05) is 33.2 Å². The van der Waals surface area contributed by atoms with E-state index in [0.717, 1.165) is 10.9 Å². The van der Waals surface area contributed by atoms with E-state index in [9.17, 15) is 8.42 Å². The van der Waals surface area contributed by atoms with Crippen LogP contribution in [0.15, 0.2) is 35.4 Å². The summed E-state index contributed by atoms with van der Waals surface area (Å²) in [5.74, 6) is 0. The van der Waals surface area contributed by atoms with E-state index in [1.54, 1.807) is 18.3 Å². The topological polar surface area (TPSA) is 53.5 Å². The molecule has 1 saturated heterocycles. The molecule has 5 nitrogen and oxygen atoms in total. The zero-order chi connectivity index (χ0) is 15.2. The Kier molecular flexibility index (Phi) is 3.47. The number of para-hydroxylation sites is 1. The molecule has 1 aliphatic heterocycles. The number of benzene rings is 1. The molecule has 1 aliphatic rings. The summed E-state index contributed by atoms with van der Waals surface area (Å²) in [5, 5.41) is 0.862. The molecule has 1 aromatic heterocycles. The Morgan fingerprint density at radius 1 is 1.29 bits per heavy atom. The zero-order valence-electron chi connectivity index (χ0n) is 12.4. The van der Waals surface area contributed by atoms with Crippen LogP contribution in [0.3, 0.4) is 0 Å². The highest BCUT2D eigenvalue weighted by atomic mass is 32.2. The first-order valence-electron chi connectivity index (χ1n) is 6.91. The van der Waals surface area contributed by atoms with Crippen LogP contribution in [-0.4, -0.2) is 55.8 Å². The van der Waals surface area contributed by atoms with Gasteiger partial charge in [-0.3, -0.25) is 4.98 Å². The third-order valence-electron chi connectivity index (χ3n) is 3.99. The van der Waals surface area contributed by atoms with Crippen molar-refractivity contribution in [2.45, 2.75) is 17.9 Å². The van der Waals surface area contributed by atoms with Gasteiger partial charge >= 0.3 is 0 Å². The molecule has 0 bridgehead atoms. The van der Waals surface area contributed by atoms with Crippen molar-refractivity contribution in [3.63, 3.8) is 0 Å². The summed E-state index contributed by atoms with van der Waals surface area (Å²) in [6.45, 7) is 3.03. The van der Waals surface area contributed by atoms with Crippen LogP contribution in [-0.2, 0) is 10.0 Å². The molecule has 21 heavy (non-hydrogen) atoms. The van der Waals surface area contributed by atoms with Gasteiger partial charge in [-0.2, -0.15) is 4.31 Å². The molecule has 0 unspecified atom stereocenters. The highest BCUT2D eigenvalue weighted by molar-refractivity contribution is 7.89. The average molecular weight is 305 g/mol. The van der Waals surface area contributed by atoms with Crippen molar-refractivity contribution in [3.8, 4) is 0 Å². The lowest BCUT2D eigenvalue weighted by atomic mass is 10.2. The standard InChI is InChI=1S/C15H19N3O2S/c1-11-7-12-5-4-6-14(15(12)16-8-11)21(19,20)18-9-13(10-18)17(2)3/h4-8,13H,9-10H2,1-3H3. The first-order valence-corrected chi connectivity index (χ1v) is 8.35. The van der Waals surface area contributed by atoms with Crippen molar-refractivity contribution in [1.29, 1.82) is 0 Å². The SMILES string of the molecule is Cc1cnc2c(S(=O)(=O)N3CC(N(C)C)C3)cccc2c1. The predicted molar refractivity (Wildman–Crippen MR) is 82.7 cm³/mol. The summed E-state index contributed by atoms with van der Waals surface area (Å²) in [6, 6.07) is 7.57. The summed E-state index contributed by atoms with van der Waals surface area (Å²) in [6.07, 6.45) is 1.71. The van der Waals surface area contributed by atoms with Gasteiger partial charge in [0.25, 0.3) is 0 Å². The molecule has 3 rings (SSSR count). The number of nitrogens with zero attached hydrogens (tertiary/aromatic N) is 3. The summed E-state index contributed by atoms with van der Waals surface area (Å²) in [7, 11) is 0.474. The minimum absolute atomic E-state index is 0.296. The van der Waals surface area contributed by atoms with Crippen LogP contribution in [0.4, 0.5) is 0 Å². The highest BCUT2D eigenvalue weighted by Crippen LogP contribution is 2.28. The van der Waals surface area contributed by atoms with E-state index in [4.69, 9.17) is 0 Å². The van der Waals surface area contributed by atoms with Crippen molar-refractivity contribution < 1.29 is 8.42 Å². The first-order chi connectivity index (χ1) is 9.89. The molecule has 1 aromatic carbocycles. The van der Waals surface area contributed by atoms with E-state index in [2.05, 4.69) is 9.88 Å². The smallest absolute Gasteiger partial charge is 0.245 e. The number of likely N-dealkylation sites (N-methyl/N-ethyl adjacent to an activating group) is 1. The van der Waals surface area contributed by atoms with Crippen LogP contribution >= 0.6 is 0 Å². The number of fused-ring (bicyclic) bond motifs is 1. The summed E-state index contributed by atoms with van der Waals surface area (Å²) in [5.41, 5.74) is 1.57. The monoisotopic (exact) mass is 305 g/mol. The van der Waals surface area contributed by atoms with Crippen LogP contribution in [0.1, 0.15) is 5.56 Å². The Bertz CT molecular complexity index is 781. The molecule has 2 heterocycles. The van der Waals surface area contributed by atoms with Gasteiger partial charge in [-0.25, -0.2) is 8.42 Å². The van der Waals surface area contributed by atoms with Gasteiger partial charge in [0.15, 0.2) is 0 Å². The fourth-order valence-electron chi connectivity index (χ4n) is 2.53. The molecule has 112 valence electrons. The molecule has 0 radical (unpaired) electrons. The summed E-state index contributed by atoms with van der Waals surface area (Å²) >= 11 is 0. The second-order valence-corrected chi connectivity index (χ2v) is 7.69. The molecule has 0 amide bonds. The largest absolute Gasteiger partial charge is 0.304 e. The summed E-state index contributed by atoms with van der Waals surface area (Å²) in [4.78, 5) is 6.68. The number of rotatable bonds is 3. The Hall–Kier alpha value is -1.50. The van der Waals surface area contributed by atoms with Crippen molar-refractivity contribution in [1.82, 2.24) is 14.2 Å². The van der Waals surface area contributed by atoms with Crippen molar-refractivity contribution in [2.24, 2.45) is 0 Å². The van der Waals surface area contributed by atoms with Crippen LogP contribution in [0, 0.1) is 6.92 Å². The molecule has 0 aliphatic carbocycles. The average Bonchev–Trinajstić information content (AvgIpc) is 2.34. The first kappa shape index (κ1) is 14.4. The maximum atomic E-state index is 12.7. The van der Waals surface area contributed by atoms with Gasteiger partial charge in [0.05, 0.1) is 5.52 Å². The molecular formula is C15H19N3O2S. The van der Waals surface area contributed by atoms with E-state index < -0.39 is 10.0 Å². The Labute approximate surface area is 125 Å². The number of hydrogen-bond donors (Lipinski definition) is 0. The van der Waals surface area contributed by atoms with Gasteiger partial charge < -0.3 is 4.90 Å². The number of aromatic nitrogens is 1. The molecule has 2 aromatic rings. The van der Waals surface area contributed by atoms with Crippen molar-refractivity contribution in [3.05, 3.63) is 36.0 Å². The van der Waals surface area contributed by atoms with Gasteiger partial charge in [0.2, 0.25) is 10.0 Å². The van der Waals surface area contributed by atoms with Crippen LogP contribution < -0.4 is 0 Å². The van der Waals surface area contributed by atoms with Gasteiger partial charge in [0.1, 0.15) is 4.90 Å². The lowest BCUT2D eigenvalue weighted by Crippen LogP contribution is -2.59. The van der Waals surface area contributed by atoms with E-state index >= 15 is 0 Å². The van der Waals surface area contributed by atoms with Crippen molar-refractivity contribution in [2.75, 3.05) is 27.2 Å². The summed E-state index contributed by atoms with van der Waals surface area (Å²) < 4.78 is 27.0. The zero-order valence-corrected chi connectivity index (χ0v) is 13.3. The second-order valence-electron chi connectivity index (χ2n) is 5.78. The Morgan fingerprint density at radius 2 is 2.00 bits per heavy atom. The Balaban J connectivity index is 2.01. The van der Waals surface area contributed by atoms with Crippen LogP contribution in [0.5, 0.6) is 0 Å². The predicted octanol–water partition coefficient (Wildman–Crippen LogP) is 1.48. The van der Waals surface area contributed by atoms with Gasteiger partial charge in [-0.05, 0) is 38.7 Å².